The van der Waals surface area contributed by atoms with Crippen LogP contribution in [-0.2, 0) is 22.6 Å². The molecule has 1 saturated carbocycles. The maximum Gasteiger partial charge on any atom is 0.258 e. The number of aromatic nitrogens is 5. The van der Waals surface area contributed by atoms with Crippen molar-refractivity contribution >= 4 is 28.6 Å². The number of ether oxygens (including phenoxy) is 3. The number of piperazine rings is 1. The number of hydrogen-bond acceptors (Lipinski definition) is 9. The molecule has 1 saturated heterocycles. The SMILES string of the molecule is COCCn1nc(C)c2c1OC[C@H]1CC[C@H](C1)Cn1c(nc3ccc(N4CCN[C@@H](COC)C4)cc31)NC(=O)c1cc(C)nc-2c1. The van der Waals surface area contributed by atoms with E-state index in [4.69, 9.17) is 29.3 Å². The second-order valence-corrected chi connectivity index (χ2v) is 12.9. The summed E-state index contributed by atoms with van der Waals surface area (Å²) < 4.78 is 21.5. The van der Waals surface area contributed by atoms with Gasteiger partial charge in [0.1, 0.15) is 0 Å². The Hall–Kier alpha value is -4.00. The van der Waals surface area contributed by atoms with Gasteiger partial charge in [-0.25, -0.2) is 9.67 Å². The fraction of sp³-hybridized carbons (Fsp3) is 0.529. The molecule has 1 amide bonds. The first-order valence-corrected chi connectivity index (χ1v) is 16.4. The summed E-state index contributed by atoms with van der Waals surface area (Å²) in [6, 6.07) is 10.4. The van der Waals surface area contributed by atoms with Gasteiger partial charge in [0.2, 0.25) is 11.8 Å². The van der Waals surface area contributed by atoms with E-state index in [0.717, 1.165) is 79.1 Å². The van der Waals surface area contributed by atoms with E-state index in [1.165, 1.54) is 0 Å². The number of anilines is 2. The quantitative estimate of drug-likeness (QED) is 0.326. The van der Waals surface area contributed by atoms with Gasteiger partial charge in [-0.05, 0) is 75.3 Å². The van der Waals surface area contributed by atoms with Gasteiger partial charge in [-0.2, -0.15) is 5.10 Å². The van der Waals surface area contributed by atoms with Crippen molar-refractivity contribution in [3.05, 3.63) is 47.3 Å². The van der Waals surface area contributed by atoms with Crippen molar-refractivity contribution in [1.82, 2.24) is 29.6 Å². The minimum Gasteiger partial charge on any atom is -0.477 e. The molecule has 3 aromatic heterocycles. The Labute approximate surface area is 269 Å². The number of methoxy groups -OCH3 is 2. The molecule has 4 bridgehead atoms. The summed E-state index contributed by atoms with van der Waals surface area (Å²) in [7, 11) is 3.43. The first kappa shape index (κ1) is 30.6. The molecule has 2 N–H and O–H groups in total. The molecule has 2 aliphatic heterocycles. The van der Waals surface area contributed by atoms with Gasteiger partial charge in [0, 0.05) is 63.4 Å². The Morgan fingerprint density at radius 2 is 1.91 bits per heavy atom. The van der Waals surface area contributed by atoms with Crippen LogP contribution in [0.5, 0.6) is 5.88 Å². The summed E-state index contributed by atoms with van der Waals surface area (Å²) in [5.74, 6) is 1.88. The number of benzene rings is 1. The molecule has 2 fully saturated rings. The molecule has 244 valence electrons. The molecule has 0 radical (unpaired) electrons. The number of fused-ring (bicyclic) bond motifs is 9. The predicted octanol–water partition coefficient (Wildman–Crippen LogP) is 4.04. The number of hydrogen-bond donors (Lipinski definition) is 2. The summed E-state index contributed by atoms with van der Waals surface area (Å²) in [4.78, 5) is 26.1. The molecule has 0 spiro atoms. The van der Waals surface area contributed by atoms with Gasteiger partial charge >= 0.3 is 0 Å². The van der Waals surface area contributed by atoms with E-state index in [9.17, 15) is 4.79 Å². The van der Waals surface area contributed by atoms with Crippen molar-refractivity contribution in [1.29, 1.82) is 0 Å². The highest BCUT2D eigenvalue weighted by atomic mass is 16.5. The highest BCUT2D eigenvalue weighted by molar-refractivity contribution is 6.05. The Balaban J connectivity index is 1.28. The third kappa shape index (κ3) is 6.08. The zero-order valence-corrected chi connectivity index (χ0v) is 27.2. The zero-order chi connectivity index (χ0) is 31.8. The standard InChI is InChI=1S/C34H44N8O4/c1-21-13-25-15-29(36-21)31-22(2)39-42(11-12-44-3)33(31)46-19-24-6-5-23(14-24)17-41-30-16-27(40-10-9-35-26(18-40)20-45-4)7-8-28(30)37-34(41)38-32(25)43/h7-8,13,15-16,23-24,26,35H,5-6,9-12,14,17-20H2,1-4H3,(H,37,38,43)/t23-,24+,26-/m1/s1. The fourth-order valence-corrected chi connectivity index (χ4v) is 7.34. The van der Waals surface area contributed by atoms with Crippen molar-refractivity contribution in [3.63, 3.8) is 0 Å². The van der Waals surface area contributed by atoms with E-state index in [1.807, 2.05) is 30.7 Å². The molecule has 3 atom stereocenters. The summed E-state index contributed by atoms with van der Waals surface area (Å²) in [5.41, 5.74) is 6.60. The number of imidazole rings is 1. The van der Waals surface area contributed by atoms with E-state index in [1.54, 1.807) is 14.2 Å². The van der Waals surface area contributed by atoms with Crippen LogP contribution in [0.3, 0.4) is 0 Å². The third-order valence-electron chi connectivity index (χ3n) is 9.55. The molecule has 4 aromatic rings. The fourth-order valence-electron chi connectivity index (χ4n) is 7.34. The Morgan fingerprint density at radius 3 is 2.76 bits per heavy atom. The van der Waals surface area contributed by atoms with Crippen LogP contribution in [0.15, 0.2) is 30.3 Å². The minimum absolute atomic E-state index is 0.223. The van der Waals surface area contributed by atoms with Crippen LogP contribution in [0.2, 0.25) is 0 Å². The molecule has 7 rings (SSSR count). The van der Waals surface area contributed by atoms with Crippen molar-refractivity contribution in [2.45, 2.75) is 52.2 Å². The second-order valence-electron chi connectivity index (χ2n) is 12.9. The van der Waals surface area contributed by atoms with Gasteiger partial charge in [-0.1, -0.05) is 0 Å². The van der Waals surface area contributed by atoms with Gasteiger partial charge in [-0.3, -0.25) is 15.1 Å². The molecule has 12 nitrogen and oxygen atoms in total. The van der Waals surface area contributed by atoms with Crippen LogP contribution < -0.4 is 20.3 Å². The normalized spacial score (nSPS) is 21.7. The lowest BCUT2D eigenvalue weighted by Gasteiger charge is -2.35. The largest absolute Gasteiger partial charge is 0.477 e. The van der Waals surface area contributed by atoms with E-state index < -0.39 is 0 Å². The molecule has 5 heterocycles. The molecule has 1 aliphatic carbocycles. The molecular weight excluding hydrogens is 584 g/mol. The molecule has 0 unspecified atom stereocenters. The first-order valence-electron chi connectivity index (χ1n) is 16.4. The van der Waals surface area contributed by atoms with Crippen LogP contribution in [0.25, 0.3) is 22.3 Å². The van der Waals surface area contributed by atoms with E-state index in [0.29, 0.717) is 61.3 Å². The lowest BCUT2D eigenvalue weighted by atomic mass is 10.1. The van der Waals surface area contributed by atoms with Crippen molar-refractivity contribution in [3.8, 4) is 17.1 Å². The minimum atomic E-state index is -0.223. The zero-order valence-electron chi connectivity index (χ0n) is 27.2. The number of aryl methyl sites for hydroxylation is 2. The molecular formula is C34H44N8O4. The number of pyridine rings is 1. The Morgan fingerprint density at radius 1 is 1.04 bits per heavy atom. The van der Waals surface area contributed by atoms with E-state index in [2.05, 4.69) is 38.3 Å². The highest BCUT2D eigenvalue weighted by Gasteiger charge is 2.30. The Kier molecular flexibility index (Phi) is 8.67. The monoisotopic (exact) mass is 628 g/mol. The van der Waals surface area contributed by atoms with Gasteiger partial charge in [0.05, 0.1) is 54.4 Å². The number of rotatable bonds is 6. The van der Waals surface area contributed by atoms with E-state index in [-0.39, 0.29) is 11.9 Å². The average molecular weight is 629 g/mol. The molecule has 1 aromatic carbocycles. The second kappa shape index (κ2) is 13.0. The molecule has 3 aliphatic rings. The van der Waals surface area contributed by atoms with E-state index >= 15 is 0 Å². The number of amides is 1. The highest BCUT2D eigenvalue weighted by Crippen LogP contribution is 2.38. The number of nitrogens with zero attached hydrogens (tertiary/aromatic N) is 6. The Bertz CT molecular complexity index is 1730. The molecule has 46 heavy (non-hydrogen) atoms. The third-order valence-corrected chi connectivity index (χ3v) is 9.55. The predicted molar refractivity (Wildman–Crippen MR) is 177 cm³/mol. The van der Waals surface area contributed by atoms with Crippen LogP contribution in [0.4, 0.5) is 11.6 Å². The summed E-state index contributed by atoms with van der Waals surface area (Å²) >= 11 is 0. The average Bonchev–Trinajstić information content (AvgIpc) is 3.73. The summed E-state index contributed by atoms with van der Waals surface area (Å²) in [6.45, 7) is 9.69. The van der Waals surface area contributed by atoms with Crippen molar-refractivity contribution in [2.75, 3.05) is 63.9 Å². The lowest BCUT2D eigenvalue weighted by molar-refractivity contribution is 0.102. The van der Waals surface area contributed by atoms with Gasteiger partial charge in [0.15, 0.2) is 0 Å². The van der Waals surface area contributed by atoms with Gasteiger partial charge < -0.3 is 29.0 Å². The van der Waals surface area contributed by atoms with Crippen LogP contribution >= 0.6 is 0 Å². The van der Waals surface area contributed by atoms with Crippen LogP contribution in [0.1, 0.15) is 41.0 Å². The van der Waals surface area contributed by atoms with Crippen molar-refractivity contribution in [2.24, 2.45) is 11.8 Å². The smallest absolute Gasteiger partial charge is 0.258 e. The van der Waals surface area contributed by atoms with Crippen LogP contribution in [-0.4, -0.2) is 89.9 Å². The number of carbonyl (C=O) groups is 1. The summed E-state index contributed by atoms with van der Waals surface area (Å²) in [6.07, 6.45) is 3.21. The lowest BCUT2D eigenvalue weighted by Crippen LogP contribution is -2.52. The number of nitrogens with one attached hydrogen (secondary N) is 2. The topological polar surface area (TPSA) is 121 Å². The molecule has 12 heteroatoms. The maximum absolute atomic E-state index is 13.9. The first-order chi connectivity index (χ1) is 22.4. The summed E-state index contributed by atoms with van der Waals surface area (Å²) in [5, 5.41) is 11.5. The van der Waals surface area contributed by atoms with Crippen LogP contribution in [0, 0.1) is 25.7 Å². The van der Waals surface area contributed by atoms with Crippen molar-refractivity contribution < 1.29 is 19.0 Å². The number of carbonyl (C=O) groups excluding carboxylic acids is 1. The van der Waals surface area contributed by atoms with Gasteiger partial charge in [-0.15, -0.1) is 0 Å². The maximum atomic E-state index is 13.9. The van der Waals surface area contributed by atoms with Gasteiger partial charge in [0.25, 0.3) is 5.91 Å².